The van der Waals surface area contributed by atoms with Crippen molar-refractivity contribution in [1.82, 2.24) is 0 Å². The molecule has 0 bridgehead atoms. The van der Waals surface area contributed by atoms with Gasteiger partial charge in [0.15, 0.2) is 0 Å². The Labute approximate surface area is 174 Å². The van der Waals surface area contributed by atoms with Gasteiger partial charge in [0.2, 0.25) is 0 Å². The fraction of sp³-hybridized carbons (Fsp3) is 0.185. The van der Waals surface area contributed by atoms with Crippen LogP contribution in [0.1, 0.15) is 33.3 Å². The van der Waals surface area contributed by atoms with E-state index in [9.17, 15) is 0 Å². The highest BCUT2D eigenvalue weighted by molar-refractivity contribution is 5.79. The van der Waals surface area contributed by atoms with E-state index in [1.807, 2.05) is 4.58 Å². The van der Waals surface area contributed by atoms with Gasteiger partial charge in [0.05, 0.1) is 18.5 Å². The molecular weight excluding hydrogens is 352 g/mol. The van der Waals surface area contributed by atoms with Crippen molar-refractivity contribution in [3.05, 3.63) is 114 Å². The minimum Gasteiger partial charge on any atom is -0.313 e. The zero-order valence-corrected chi connectivity index (χ0v) is 17.7. The number of anilines is 2. The molecule has 0 amide bonds. The van der Waals surface area contributed by atoms with Crippen molar-refractivity contribution in [1.29, 1.82) is 0 Å². The van der Waals surface area contributed by atoms with Gasteiger partial charge >= 0.3 is 0 Å². The molecule has 0 aromatic heterocycles. The molecule has 0 fully saturated rings. The van der Waals surface area contributed by atoms with Crippen molar-refractivity contribution in [2.24, 2.45) is 0 Å². The van der Waals surface area contributed by atoms with E-state index >= 15 is 0 Å². The number of allylic oxidation sites excluding steroid dienone is 7. The summed E-state index contributed by atoms with van der Waals surface area (Å²) in [4.78, 5) is 2.38. The Bertz CT molecular complexity index is 1060. The minimum absolute atomic E-state index is 0.0738. The quantitative estimate of drug-likeness (QED) is 0.426. The summed E-state index contributed by atoms with van der Waals surface area (Å²) >= 11 is 0. The highest BCUT2D eigenvalue weighted by atomic mass is 15.2. The average Bonchev–Trinajstić information content (AvgIpc) is 2.94. The maximum atomic E-state index is 4.06. The van der Waals surface area contributed by atoms with Gasteiger partial charge in [-0.3, -0.25) is 4.58 Å². The average molecular weight is 381 g/mol. The van der Waals surface area contributed by atoms with E-state index < -0.39 is 0 Å². The standard InChI is InChI=1S/C27H28N2/c1-20-18-22(19-21(2)28(20)5)12-11-17-26-27(3,4)24-15-9-10-16-25(24)29(26)23-13-7-6-8-14-23/h6-19H,5H2,1-4H3. The van der Waals surface area contributed by atoms with E-state index in [1.165, 1.54) is 28.2 Å². The molecule has 2 aliphatic rings. The van der Waals surface area contributed by atoms with Crippen LogP contribution in [0.15, 0.2) is 102 Å². The first-order valence-corrected chi connectivity index (χ1v) is 10.1. The van der Waals surface area contributed by atoms with E-state index in [4.69, 9.17) is 0 Å². The number of benzene rings is 2. The zero-order valence-electron chi connectivity index (χ0n) is 17.7. The largest absolute Gasteiger partial charge is 0.313 e. The maximum Gasteiger partial charge on any atom is 0.0969 e. The fourth-order valence-corrected chi connectivity index (χ4v) is 4.19. The smallest absolute Gasteiger partial charge is 0.0969 e. The number of para-hydroxylation sites is 2. The molecule has 2 heterocycles. The van der Waals surface area contributed by atoms with Crippen LogP contribution >= 0.6 is 0 Å². The molecule has 2 aliphatic heterocycles. The van der Waals surface area contributed by atoms with E-state index in [-0.39, 0.29) is 5.41 Å². The van der Waals surface area contributed by atoms with Crippen molar-refractivity contribution >= 4 is 18.1 Å². The summed E-state index contributed by atoms with van der Waals surface area (Å²) in [6, 6.07) is 20.5. The number of hydrogen-bond donors (Lipinski definition) is 0. The highest BCUT2D eigenvalue weighted by Gasteiger charge is 2.40. The van der Waals surface area contributed by atoms with Crippen molar-refractivity contribution < 1.29 is 4.58 Å². The second-order valence-electron chi connectivity index (χ2n) is 8.22. The van der Waals surface area contributed by atoms with Crippen LogP contribution in [0.3, 0.4) is 0 Å². The molecule has 0 N–H and O–H groups in total. The molecule has 2 aromatic rings. The summed E-state index contributed by atoms with van der Waals surface area (Å²) in [5.41, 5.74) is 7.34. The second-order valence-corrected chi connectivity index (χ2v) is 8.22. The van der Waals surface area contributed by atoms with E-state index in [2.05, 4.69) is 124 Å². The molecular formula is C27H28N2. The highest BCUT2D eigenvalue weighted by Crippen LogP contribution is 2.50. The number of hydrogen-bond acceptors (Lipinski definition) is 1. The van der Waals surface area contributed by atoms with Crippen LogP contribution < -0.4 is 4.90 Å². The Balaban J connectivity index is 1.75. The van der Waals surface area contributed by atoms with Crippen molar-refractivity contribution in [2.75, 3.05) is 4.90 Å². The predicted octanol–water partition coefficient (Wildman–Crippen LogP) is 6.66. The third kappa shape index (κ3) is 3.36. The van der Waals surface area contributed by atoms with Crippen LogP contribution in [0.5, 0.6) is 0 Å². The van der Waals surface area contributed by atoms with Crippen LogP contribution in [-0.2, 0) is 5.41 Å². The first-order valence-electron chi connectivity index (χ1n) is 10.1. The van der Waals surface area contributed by atoms with Crippen LogP contribution in [0.25, 0.3) is 0 Å². The molecule has 146 valence electrons. The normalized spacial score (nSPS) is 19.6. The summed E-state index contributed by atoms with van der Waals surface area (Å²) < 4.78 is 1.96. The Morgan fingerprint density at radius 2 is 1.72 bits per heavy atom. The molecule has 2 heteroatoms. The van der Waals surface area contributed by atoms with Gasteiger partial charge < -0.3 is 4.90 Å². The van der Waals surface area contributed by atoms with Gasteiger partial charge in [-0.15, -0.1) is 0 Å². The molecule has 0 unspecified atom stereocenters. The SMILES string of the molecule is C=[N+]1C(C)=CC(C=CC=C2N(c3ccccc3)c3ccccc3C2(C)C)=C[C-]1C. The maximum absolute atomic E-state index is 4.06. The number of rotatable bonds is 3. The lowest BCUT2D eigenvalue weighted by atomic mass is 9.83. The molecule has 0 spiro atoms. The molecule has 4 rings (SSSR count). The van der Waals surface area contributed by atoms with E-state index in [0.717, 1.165) is 11.7 Å². The Hall–Kier alpha value is -3.26. The molecule has 0 radical (unpaired) electrons. The first-order chi connectivity index (χ1) is 13.9. The molecule has 0 aliphatic carbocycles. The third-order valence-electron chi connectivity index (χ3n) is 5.86. The number of nitrogens with zero attached hydrogens (tertiary/aromatic N) is 2. The second kappa shape index (κ2) is 7.29. The monoisotopic (exact) mass is 380 g/mol. The summed E-state index contributed by atoms with van der Waals surface area (Å²) in [7, 11) is 0. The molecule has 0 saturated heterocycles. The van der Waals surface area contributed by atoms with Crippen LogP contribution in [-0.4, -0.2) is 11.3 Å². The summed E-state index contributed by atoms with van der Waals surface area (Å²) in [6.07, 6.45) is 10.9. The van der Waals surface area contributed by atoms with Gasteiger partial charge in [0.25, 0.3) is 0 Å². The lowest BCUT2D eigenvalue weighted by Crippen LogP contribution is -2.22. The van der Waals surface area contributed by atoms with Gasteiger partial charge in [0.1, 0.15) is 0 Å². The predicted molar refractivity (Wildman–Crippen MR) is 123 cm³/mol. The topological polar surface area (TPSA) is 6.25 Å². The Kier molecular flexibility index (Phi) is 4.79. The van der Waals surface area contributed by atoms with Crippen LogP contribution in [0, 0.1) is 6.04 Å². The van der Waals surface area contributed by atoms with E-state index in [1.54, 1.807) is 0 Å². The number of fused-ring (bicyclic) bond motifs is 1. The van der Waals surface area contributed by atoms with Crippen molar-refractivity contribution in [3.8, 4) is 0 Å². The van der Waals surface area contributed by atoms with Crippen molar-refractivity contribution in [3.63, 3.8) is 0 Å². The molecule has 0 atom stereocenters. The van der Waals surface area contributed by atoms with Crippen molar-refractivity contribution in [2.45, 2.75) is 33.1 Å². The Morgan fingerprint density at radius 3 is 2.45 bits per heavy atom. The lowest BCUT2D eigenvalue weighted by Gasteiger charge is -2.27. The summed E-state index contributed by atoms with van der Waals surface area (Å²) in [5.74, 6) is 0. The zero-order chi connectivity index (χ0) is 20.6. The summed E-state index contributed by atoms with van der Waals surface area (Å²) in [6.45, 7) is 12.8. The third-order valence-corrected chi connectivity index (χ3v) is 5.86. The fourth-order valence-electron chi connectivity index (χ4n) is 4.19. The first kappa shape index (κ1) is 19.1. The summed E-state index contributed by atoms with van der Waals surface area (Å²) in [5, 5.41) is 0. The minimum atomic E-state index is -0.0738. The van der Waals surface area contributed by atoms with Gasteiger partial charge in [0, 0.05) is 22.5 Å². The van der Waals surface area contributed by atoms with Crippen LogP contribution in [0.2, 0.25) is 0 Å². The molecule has 2 nitrogen and oxygen atoms in total. The van der Waals surface area contributed by atoms with Gasteiger partial charge in [-0.2, -0.15) is 0 Å². The van der Waals surface area contributed by atoms with Gasteiger partial charge in [-0.05, 0) is 43.7 Å². The Morgan fingerprint density at radius 1 is 1.03 bits per heavy atom. The molecule has 29 heavy (non-hydrogen) atoms. The molecule has 2 aromatic carbocycles. The molecule has 0 saturated carbocycles. The lowest BCUT2D eigenvalue weighted by molar-refractivity contribution is -0.444. The van der Waals surface area contributed by atoms with E-state index in [0.29, 0.717) is 0 Å². The van der Waals surface area contributed by atoms with Crippen LogP contribution in [0.4, 0.5) is 11.4 Å². The van der Waals surface area contributed by atoms with Gasteiger partial charge in [-0.25, -0.2) is 0 Å². The van der Waals surface area contributed by atoms with Gasteiger partial charge in [-0.1, -0.05) is 80.1 Å².